The summed E-state index contributed by atoms with van der Waals surface area (Å²) < 4.78 is 11.9. The predicted molar refractivity (Wildman–Crippen MR) is 114 cm³/mol. The minimum absolute atomic E-state index is 0.0286. The maximum Gasteiger partial charge on any atom is 0.130 e. The van der Waals surface area contributed by atoms with Crippen molar-refractivity contribution in [2.75, 3.05) is 6.61 Å². The van der Waals surface area contributed by atoms with Crippen LogP contribution in [0.25, 0.3) is 10.9 Å². The number of aromatic nitrogens is 2. The van der Waals surface area contributed by atoms with Crippen molar-refractivity contribution in [3.8, 4) is 11.5 Å². The summed E-state index contributed by atoms with van der Waals surface area (Å²) in [6.07, 6.45) is 3.68. The second-order valence-corrected chi connectivity index (χ2v) is 7.56. The van der Waals surface area contributed by atoms with Crippen LogP contribution in [0.4, 0.5) is 0 Å². The van der Waals surface area contributed by atoms with E-state index in [1.165, 1.54) is 0 Å². The topological polar surface area (TPSA) is 64.5 Å². The molecular formula is C25H22N2O3. The Labute approximate surface area is 175 Å². The van der Waals surface area contributed by atoms with Crippen molar-refractivity contribution >= 4 is 10.9 Å². The lowest BCUT2D eigenvalue weighted by Gasteiger charge is -2.30. The van der Waals surface area contributed by atoms with Crippen LogP contribution in [-0.4, -0.2) is 21.7 Å². The number of aliphatic hydroxyl groups excluding tert-OH is 1. The maximum absolute atomic E-state index is 10.9. The Morgan fingerprint density at radius 1 is 1.03 bits per heavy atom. The van der Waals surface area contributed by atoms with Crippen molar-refractivity contribution in [1.82, 2.24) is 9.97 Å². The third kappa shape index (κ3) is 3.84. The van der Waals surface area contributed by atoms with E-state index in [9.17, 15) is 5.11 Å². The van der Waals surface area contributed by atoms with Gasteiger partial charge in [-0.3, -0.25) is 4.98 Å². The first kappa shape index (κ1) is 18.6. The Kier molecular flexibility index (Phi) is 5.03. The van der Waals surface area contributed by atoms with Gasteiger partial charge in [-0.1, -0.05) is 30.3 Å². The standard InChI is InChI=1S/C25H22N2O3/c28-25-19(12-17-4-3-11-26-14-17)15-30-24-10-9-21(13-22(24)25)29-16-20-8-7-18-5-1-2-6-23(18)27-20/h1-11,13-14,19,25,28H,12,15-16H2/t19-,25+/m1/s1. The molecule has 1 aliphatic rings. The molecular weight excluding hydrogens is 376 g/mol. The third-order valence-corrected chi connectivity index (χ3v) is 5.46. The Morgan fingerprint density at radius 2 is 1.97 bits per heavy atom. The number of nitrogens with zero attached hydrogens (tertiary/aromatic N) is 2. The highest BCUT2D eigenvalue weighted by Crippen LogP contribution is 2.39. The number of fused-ring (bicyclic) bond motifs is 2. The van der Waals surface area contributed by atoms with E-state index in [2.05, 4.69) is 16.0 Å². The predicted octanol–water partition coefficient (Wildman–Crippen LogP) is 4.49. The highest BCUT2D eigenvalue weighted by atomic mass is 16.5. The van der Waals surface area contributed by atoms with Crippen molar-refractivity contribution in [1.29, 1.82) is 0 Å². The van der Waals surface area contributed by atoms with E-state index in [0.29, 0.717) is 31.1 Å². The van der Waals surface area contributed by atoms with Crippen LogP contribution in [0.15, 0.2) is 79.1 Å². The molecule has 150 valence electrons. The molecule has 3 heterocycles. The van der Waals surface area contributed by atoms with E-state index in [4.69, 9.17) is 9.47 Å². The van der Waals surface area contributed by atoms with Crippen LogP contribution in [0.2, 0.25) is 0 Å². The van der Waals surface area contributed by atoms with E-state index in [0.717, 1.165) is 27.7 Å². The second kappa shape index (κ2) is 8.13. The lowest BCUT2D eigenvalue weighted by molar-refractivity contribution is 0.0504. The van der Waals surface area contributed by atoms with Gasteiger partial charge in [0, 0.05) is 29.3 Å². The first-order chi connectivity index (χ1) is 14.8. The van der Waals surface area contributed by atoms with E-state index in [-0.39, 0.29) is 5.92 Å². The van der Waals surface area contributed by atoms with Crippen LogP contribution in [0, 0.1) is 5.92 Å². The van der Waals surface area contributed by atoms with E-state index in [1.54, 1.807) is 6.20 Å². The van der Waals surface area contributed by atoms with E-state index >= 15 is 0 Å². The molecule has 4 aromatic rings. The van der Waals surface area contributed by atoms with Crippen LogP contribution < -0.4 is 9.47 Å². The van der Waals surface area contributed by atoms with E-state index < -0.39 is 6.10 Å². The third-order valence-electron chi connectivity index (χ3n) is 5.46. The fourth-order valence-corrected chi connectivity index (χ4v) is 3.86. The van der Waals surface area contributed by atoms with E-state index in [1.807, 2.05) is 66.9 Å². The zero-order chi connectivity index (χ0) is 20.3. The Hall–Kier alpha value is -3.44. The van der Waals surface area contributed by atoms with Crippen LogP contribution in [0.3, 0.4) is 0 Å². The van der Waals surface area contributed by atoms with Gasteiger partial charge in [0.25, 0.3) is 0 Å². The molecule has 0 amide bonds. The van der Waals surface area contributed by atoms with Gasteiger partial charge in [0.15, 0.2) is 0 Å². The molecule has 0 saturated heterocycles. The average Bonchev–Trinajstić information content (AvgIpc) is 2.80. The fourth-order valence-electron chi connectivity index (χ4n) is 3.86. The molecule has 5 nitrogen and oxygen atoms in total. The fraction of sp³-hybridized carbons (Fsp3) is 0.200. The number of hydrogen-bond acceptors (Lipinski definition) is 5. The highest BCUT2D eigenvalue weighted by Gasteiger charge is 2.30. The normalized spacial score (nSPS) is 17.9. The summed E-state index contributed by atoms with van der Waals surface area (Å²) in [5.41, 5.74) is 3.66. The van der Waals surface area contributed by atoms with Crippen molar-refractivity contribution in [2.45, 2.75) is 19.1 Å². The van der Waals surface area contributed by atoms with Gasteiger partial charge in [-0.2, -0.15) is 0 Å². The molecule has 0 saturated carbocycles. The summed E-state index contributed by atoms with van der Waals surface area (Å²) >= 11 is 0. The average molecular weight is 398 g/mol. The molecule has 0 fully saturated rings. The SMILES string of the molecule is O[C@@H]1c2cc(OCc3ccc4ccccc4n3)ccc2OC[C@H]1Cc1cccnc1. The van der Waals surface area contributed by atoms with Crippen LogP contribution in [0.1, 0.15) is 22.9 Å². The van der Waals surface area contributed by atoms with Crippen molar-refractivity contribution in [3.05, 3.63) is 95.9 Å². The maximum atomic E-state index is 10.9. The monoisotopic (exact) mass is 398 g/mol. The lowest BCUT2D eigenvalue weighted by Crippen LogP contribution is -2.27. The molecule has 5 heteroatoms. The molecule has 0 spiro atoms. The molecule has 0 radical (unpaired) electrons. The van der Waals surface area contributed by atoms with Gasteiger partial charge in [0.05, 0.1) is 23.9 Å². The quantitative estimate of drug-likeness (QED) is 0.536. The molecule has 5 rings (SSSR count). The first-order valence-electron chi connectivity index (χ1n) is 10.1. The smallest absolute Gasteiger partial charge is 0.130 e. The lowest BCUT2D eigenvalue weighted by atomic mass is 9.88. The van der Waals surface area contributed by atoms with Crippen LogP contribution in [-0.2, 0) is 13.0 Å². The van der Waals surface area contributed by atoms with Gasteiger partial charge in [-0.25, -0.2) is 4.98 Å². The number of hydrogen-bond donors (Lipinski definition) is 1. The summed E-state index contributed by atoms with van der Waals surface area (Å²) in [5.74, 6) is 1.37. The van der Waals surface area contributed by atoms with Crippen LogP contribution in [0.5, 0.6) is 11.5 Å². The minimum atomic E-state index is -0.615. The number of rotatable bonds is 5. The minimum Gasteiger partial charge on any atom is -0.493 e. The highest BCUT2D eigenvalue weighted by molar-refractivity contribution is 5.78. The summed E-state index contributed by atoms with van der Waals surface area (Å²) in [7, 11) is 0. The summed E-state index contributed by atoms with van der Waals surface area (Å²) in [5, 5.41) is 12.0. The largest absolute Gasteiger partial charge is 0.493 e. The van der Waals surface area contributed by atoms with Gasteiger partial charge in [-0.15, -0.1) is 0 Å². The number of para-hydroxylation sites is 1. The molecule has 2 aromatic carbocycles. The van der Waals surface area contributed by atoms with Crippen LogP contribution >= 0.6 is 0 Å². The molecule has 0 aliphatic carbocycles. The molecule has 0 bridgehead atoms. The summed E-state index contributed by atoms with van der Waals surface area (Å²) in [6, 6.07) is 21.6. The molecule has 2 aromatic heterocycles. The molecule has 2 atom stereocenters. The summed E-state index contributed by atoms with van der Waals surface area (Å²) in [6.45, 7) is 0.837. The van der Waals surface area contributed by atoms with Gasteiger partial charge in [0.2, 0.25) is 0 Å². The Morgan fingerprint density at radius 3 is 2.87 bits per heavy atom. The zero-order valence-corrected chi connectivity index (χ0v) is 16.4. The first-order valence-corrected chi connectivity index (χ1v) is 10.1. The molecule has 0 unspecified atom stereocenters. The zero-order valence-electron chi connectivity index (χ0n) is 16.4. The Bertz CT molecular complexity index is 1160. The Balaban J connectivity index is 1.30. The number of pyridine rings is 2. The van der Waals surface area contributed by atoms with Crippen molar-refractivity contribution < 1.29 is 14.6 Å². The molecule has 1 aliphatic heterocycles. The molecule has 30 heavy (non-hydrogen) atoms. The van der Waals surface area contributed by atoms with Crippen molar-refractivity contribution in [3.63, 3.8) is 0 Å². The van der Waals surface area contributed by atoms with Gasteiger partial charge < -0.3 is 14.6 Å². The van der Waals surface area contributed by atoms with Gasteiger partial charge >= 0.3 is 0 Å². The summed E-state index contributed by atoms with van der Waals surface area (Å²) in [4.78, 5) is 8.80. The second-order valence-electron chi connectivity index (χ2n) is 7.56. The van der Waals surface area contributed by atoms with Crippen molar-refractivity contribution in [2.24, 2.45) is 5.92 Å². The number of ether oxygens (including phenoxy) is 2. The van der Waals surface area contributed by atoms with Gasteiger partial charge in [0.1, 0.15) is 18.1 Å². The number of aliphatic hydroxyl groups is 1. The van der Waals surface area contributed by atoms with Gasteiger partial charge in [-0.05, 0) is 48.4 Å². The number of benzene rings is 2. The molecule has 1 N–H and O–H groups in total.